The fourth-order valence-electron chi connectivity index (χ4n) is 0.651. The molecule has 2 N–H and O–H groups in total. The molecule has 0 aliphatic heterocycles. The Labute approximate surface area is 62.0 Å². The van der Waals surface area contributed by atoms with E-state index < -0.39 is 10.0 Å². The predicted molar refractivity (Wildman–Crippen MR) is 42.0 cm³/mol. The van der Waals surface area contributed by atoms with Crippen LogP contribution in [0.2, 0.25) is 0 Å². The third-order valence-corrected chi connectivity index (χ3v) is 2.20. The lowest BCUT2D eigenvalue weighted by Crippen LogP contribution is -2.21. The molecule has 0 heterocycles. The summed E-state index contributed by atoms with van der Waals surface area (Å²) < 4.78 is 21.0. The van der Waals surface area contributed by atoms with E-state index in [0.29, 0.717) is 0 Å². The summed E-state index contributed by atoms with van der Waals surface area (Å²) in [7, 11) is -3.32. The quantitative estimate of drug-likeness (QED) is 0.613. The Morgan fingerprint density at radius 2 is 2.20 bits per heavy atom. The van der Waals surface area contributed by atoms with Crippen molar-refractivity contribution in [1.82, 2.24) is 0 Å². The molecule has 0 radical (unpaired) electrons. The van der Waals surface area contributed by atoms with Gasteiger partial charge in [-0.3, -0.25) is 0 Å². The molecule has 0 rings (SSSR count). The molecule has 0 saturated carbocycles. The van der Waals surface area contributed by atoms with E-state index in [1.807, 2.05) is 6.92 Å². The fraction of sp³-hybridized carbons (Fsp3) is 0.667. The van der Waals surface area contributed by atoms with Crippen molar-refractivity contribution in [3.63, 3.8) is 0 Å². The van der Waals surface area contributed by atoms with Gasteiger partial charge in [-0.1, -0.05) is 13.0 Å². The van der Waals surface area contributed by atoms with Crippen LogP contribution in [0.3, 0.4) is 0 Å². The highest BCUT2D eigenvalue weighted by Gasteiger charge is 2.09. The molecule has 0 aliphatic rings. The van der Waals surface area contributed by atoms with E-state index in [1.165, 1.54) is 0 Å². The smallest absolute Gasteiger partial charge is 0.209 e. The van der Waals surface area contributed by atoms with Gasteiger partial charge >= 0.3 is 0 Å². The average Bonchev–Trinajstić information content (AvgIpc) is 1.81. The number of hydrogen-bond donors (Lipinski definition) is 1. The SMILES string of the molecule is C=CC(CC)CS(N)(=O)=O. The van der Waals surface area contributed by atoms with Gasteiger partial charge < -0.3 is 0 Å². The first-order chi connectivity index (χ1) is 4.49. The van der Waals surface area contributed by atoms with Crippen LogP contribution in [0.15, 0.2) is 12.7 Å². The Morgan fingerprint density at radius 1 is 1.70 bits per heavy atom. The predicted octanol–water partition coefficient (Wildman–Crippen LogP) is 0.487. The molecule has 0 spiro atoms. The molecule has 0 fully saturated rings. The van der Waals surface area contributed by atoms with Crippen LogP contribution in [0, 0.1) is 5.92 Å². The van der Waals surface area contributed by atoms with Gasteiger partial charge in [-0.25, -0.2) is 13.6 Å². The van der Waals surface area contributed by atoms with Gasteiger partial charge in [0.15, 0.2) is 0 Å². The molecule has 1 unspecified atom stereocenters. The van der Waals surface area contributed by atoms with Crippen LogP contribution < -0.4 is 5.14 Å². The monoisotopic (exact) mass is 163 g/mol. The summed E-state index contributed by atoms with van der Waals surface area (Å²) in [5.74, 6) is 0.00231. The van der Waals surface area contributed by atoms with Crippen LogP contribution in [0.4, 0.5) is 0 Å². The van der Waals surface area contributed by atoms with Crippen LogP contribution in [0.25, 0.3) is 0 Å². The zero-order valence-electron chi connectivity index (χ0n) is 6.08. The van der Waals surface area contributed by atoms with Crippen LogP contribution in [0.1, 0.15) is 13.3 Å². The standard InChI is InChI=1S/C6H13NO2S/c1-3-6(4-2)5-10(7,8)9/h3,6H,1,4-5H2,2H3,(H2,7,8,9). The lowest BCUT2D eigenvalue weighted by molar-refractivity contribution is 0.581. The van der Waals surface area contributed by atoms with Crippen molar-refractivity contribution in [2.24, 2.45) is 11.1 Å². The van der Waals surface area contributed by atoms with E-state index in [-0.39, 0.29) is 11.7 Å². The maximum Gasteiger partial charge on any atom is 0.209 e. The summed E-state index contributed by atoms with van der Waals surface area (Å²) in [5, 5.41) is 4.81. The van der Waals surface area contributed by atoms with Crippen molar-refractivity contribution in [2.75, 3.05) is 5.75 Å². The molecule has 4 heteroatoms. The zero-order chi connectivity index (χ0) is 8.20. The van der Waals surface area contributed by atoms with Crippen LogP contribution in [-0.2, 0) is 10.0 Å². The second kappa shape index (κ2) is 3.73. The third kappa shape index (κ3) is 4.52. The largest absolute Gasteiger partial charge is 0.229 e. The van der Waals surface area contributed by atoms with Gasteiger partial charge in [0, 0.05) is 0 Å². The van der Waals surface area contributed by atoms with E-state index in [9.17, 15) is 8.42 Å². The zero-order valence-corrected chi connectivity index (χ0v) is 6.89. The number of hydrogen-bond acceptors (Lipinski definition) is 2. The lowest BCUT2D eigenvalue weighted by atomic mass is 10.1. The number of primary sulfonamides is 1. The van der Waals surface area contributed by atoms with Crippen molar-refractivity contribution in [3.05, 3.63) is 12.7 Å². The van der Waals surface area contributed by atoms with Crippen molar-refractivity contribution in [3.8, 4) is 0 Å². The molecule has 3 nitrogen and oxygen atoms in total. The first kappa shape index (κ1) is 9.65. The van der Waals surface area contributed by atoms with E-state index in [1.54, 1.807) is 6.08 Å². The number of allylic oxidation sites excluding steroid dienone is 1. The number of rotatable bonds is 4. The Kier molecular flexibility index (Phi) is 3.60. The summed E-state index contributed by atoms with van der Waals surface area (Å²) in [6.07, 6.45) is 2.38. The molecular formula is C6H13NO2S. The van der Waals surface area contributed by atoms with E-state index in [2.05, 4.69) is 6.58 Å². The maximum atomic E-state index is 10.5. The topological polar surface area (TPSA) is 60.2 Å². The Hall–Kier alpha value is -0.350. The minimum Gasteiger partial charge on any atom is -0.229 e. The first-order valence-electron chi connectivity index (χ1n) is 3.12. The molecule has 0 aromatic rings. The molecule has 0 aliphatic carbocycles. The van der Waals surface area contributed by atoms with E-state index in [0.717, 1.165) is 6.42 Å². The average molecular weight is 163 g/mol. The minimum atomic E-state index is -3.32. The Bertz CT molecular complexity index is 196. The second-order valence-corrected chi connectivity index (χ2v) is 3.89. The van der Waals surface area contributed by atoms with E-state index >= 15 is 0 Å². The summed E-state index contributed by atoms with van der Waals surface area (Å²) >= 11 is 0. The molecule has 0 amide bonds. The van der Waals surface area contributed by atoms with E-state index in [4.69, 9.17) is 5.14 Å². The normalized spacial score (nSPS) is 14.6. The number of sulfonamides is 1. The van der Waals surface area contributed by atoms with Gasteiger partial charge in [0.05, 0.1) is 5.75 Å². The highest BCUT2D eigenvalue weighted by Crippen LogP contribution is 2.04. The highest BCUT2D eigenvalue weighted by atomic mass is 32.2. The van der Waals surface area contributed by atoms with Crippen LogP contribution in [0.5, 0.6) is 0 Å². The fourth-order valence-corrected chi connectivity index (χ4v) is 1.62. The van der Waals surface area contributed by atoms with Gasteiger partial charge in [0.25, 0.3) is 0 Å². The first-order valence-corrected chi connectivity index (χ1v) is 4.84. The molecule has 0 saturated heterocycles. The van der Waals surface area contributed by atoms with Crippen LogP contribution in [-0.4, -0.2) is 14.2 Å². The Morgan fingerprint density at radius 3 is 2.30 bits per heavy atom. The van der Waals surface area contributed by atoms with Gasteiger partial charge in [-0.05, 0) is 12.3 Å². The summed E-state index contributed by atoms with van der Waals surface area (Å²) in [4.78, 5) is 0. The minimum absolute atomic E-state index is 0.00463. The molecule has 0 bridgehead atoms. The van der Waals surface area contributed by atoms with Gasteiger partial charge in [0.1, 0.15) is 0 Å². The van der Waals surface area contributed by atoms with Gasteiger partial charge in [-0.15, -0.1) is 6.58 Å². The van der Waals surface area contributed by atoms with Gasteiger partial charge in [0.2, 0.25) is 10.0 Å². The molecule has 0 aromatic heterocycles. The molecule has 60 valence electrons. The van der Waals surface area contributed by atoms with Gasteiger partial charge in [-0.2, -0.15) is 0 Å². The van der Waals surface area contributed by atoms with Crippen molar-refractivity contribution in [1.29, 1.82) is 0 Å². The molecular weight excluding hydrogens is 150 g/mol. The molecule has 1 atom stereocenters. The summed E-state index contributed by atoms with van der Waals surface area (Å²) in [5.41, 5.74) is 0. The van der Waals surface area contributed by atoms with Crippen molar-refractivity contribution in [2.45, 2.75) is 13.3 Å². The Balaban J connectivity index is 4.00. The maximum absolute atomic E-state index is 10.5. The summed E-state index contributed by atoms with van der Waals surface area (Å²) in [6, 6.07) is 0. The second-order valence-electron chi connectivity index (χ2n) is 2.23. The van der Waals surface area contributed by atoms with Crippen molar-refractivity contribution < 1.29 is 8.42 Å². The van der Waals surface area contributed by atoms with Crippen LogP contribution >= 0.6 is 0 Å². The highest BCUT2D eigenvalue weighted by molar-refractivity contribution is 7.89. The molecule has 0 aromatic carbocycles. The molecule has 10 heavy (non-hydrogen) atoms. The number of nitrogens with two attached hydrogens (primary N) is 1. The lowest BCUT2D eigenvalue weighted by Gasteiger charge is -2.05. The van der Waals surface area contributed by atoms with Crippen molar-refractivity contribution >= 4 is 10.0 Å². The third-order valence-electron chi connectivity index (χ3n) is 1.30. The summed E-state index contributed by atoms with van der Waals surface area (Å²) in [6.45, 7) is 5.40.